The number of nitro groups is 1. The average molecular weight is 418 g/mol. The Labute approximate surface area is 172 Å². The first-order valence-corrected chi connectivity index (χ1v) is 9.45. The molecule has 0 unspecified atom stereocenters. The third kappa shape index (κ3) is 4.83. The number of ether oxygens (including phenoxy) is 1. The van der Waals surface area contributed by atoms with Gasteiger partial charge in [-0.3, -0.25) is 19.7 Å². The van der Waals surface area contributed by atoms with Gasteiger partial charge in [0.25, 0.3) is 11.6 Å². The van der Waals surface area contributed by atoms with Crippen molar-refractivity contribution in [3.8, 4) is 5.75 Å². The van der Waals surface area contributed by atoms with Crippen LogP contribution >= 0.6 is 11.6 Å². The smallest absolute Gasteiger partial charge is 0.296 e. The number of carbonyl (C=O) groups excluding carboxylic acids is 2. The molecule has 0 aliphatic carbocycles. The minimum atomic E-state index is -0.564. The second kappa shape index (κ2) is 8.91. The summed E-state index contributed by atoms with van der Waals surface area (Å²) < 4.78 is 5.00. The molecule has 1 aliphatic rings. The van der Waals surface area contributed by atoms with E-state index in [4.69, 9.17) is 16.3 Å². The van der Waals surface area contributed by atoms with Crippen molar-refractivity contribution in [3.05, 3.63) is 63.2 Å². The number of hydrogen-bond donors (Lipinski definition) is 1. The summed E-state index contributed by atoms with van der Waals surface area (Å²) >= 11 is 5.85. The number of nitrogens with one attached hydrogen (secondary N) is 1. The number of nitro benzene ring substituents is 1. The van der Waals surface area contributed by atoms with E-state index in [-0.39, 0.29) is 29.1 Å². The lowest BCUT2D eigenvalue weighted by Gasteiger charge is -2.31. The first kappa shape index (κ1) is 20.6. The monoisotopic (exact) mass is 417 g/mol. The number of carbonyl (C=O) groups is 2. The Morgan fingerprint density at radius 2 is 1.83 bits per heavy atom. The summed E-state index contributed by atoms with van der Waals surface area (Å²) in [6, 6.07) is 10.9. The summed E-state index contributed by atoms with van der Waals surface area (Å²) in [7, 11) is 1.41. The van der Waals surface area contributed by atoms with Gasteiger partial charge in [0.15, 0.2) is 0 Å². The normalized spacial score (nSPS) is 14.3. The first-order chi connectivity index (χ1) is 13.9. The van der Waals surface area contributed by atoms with E-state index < -0.39 is 4.92 Å². The van der Waals surface area contributed by atoms with Crippen molar-refractivity contribution in [3.63, 3.8) is 0 Å². The van der Waals surface area contributed by atoms with Crippen molar-refractivity contribution in [2.45, 2.75) is 12.8 Å². The molecule has 2 aromatic rings. The number of halogens is 1. The summed E-state index contributed by atoms with van der Waals surface area (Å²) in [5, 5.41) is 14.5. The van der Waals surface area contributed by atoms with Crippen molar-refractivity contribution in [1.29, 1.82) is 0 Å². The lowest BCUT2D eigenvalue weighted by atomic mass is 9.95. The number of likely N-dealkylation sites (tertiary alicyclic amines) is 1. The number of rotatable bonds is 5. The third-order valence-corrected chi connectivity index (χ3v) is 5.16. The van der Waals surface area contributed by atoms with Gasteiger partial charge >= 0.3 is 0 Å². The highest BCUT2D eigenvalue weighted by molar-refractivity contribution is 6.30. The number of amides is 2. The van der Waals surface area contributed by atoms with Crippen LogP contribution in [-0.4, -0.2) is 41.8 Å². The molecule has 1 saturated heterocycles. The third-order valence-electron chi connectivity index (χ3n) is 4.90. The van der Waals surface area contributed by atoms with Crippen molar-refractivity contribution in [2.75, 3.05) is 25.5 Å². The lowest BCUT2D eigenvalue weighted by Crippen LogP contribution is -2.41. The molecule has 2 amide bonds. The molecular weight excluding hydrogens is 398 g/mol. The fourth-order valence-electron chi connectivity index (χ4n) is 3.25. The molecule has 1 N–H and O–H groups in total. The first-order valence-electron chi connectivity index (χ1n) is 9.07. The van der Waals surface area contributed by atoms with Gasteiger partial charge in [-0.05, 0) is 49.2 Å². The Kier molecular flexibility index (Phi) is 6.33. The van der Waals surface area contributed by atoms with Crippen LogP contribution in [0.1, 0.15) is 23.2 Å². The zero-order valence-corrected chi connectivity index (χ0v) is 16.5. The van der Waals surface area contributed by atoms with E-state index >= 15 is 0 Å². The summed E-state index contributed by atoms with van der Waals surface area (Å²) in [5.41, 5.74) is 0.444. The van der Waals surface area contributed by atoms with Crippen LogP contribution in [0.4, 0.5) is 11.4 Å². The van der Waals surface area contributed by atoms with Crippen LogP contribution in [0, 0.1) is 16.0 Å². The fourth-order valence-corrected chi connectivity index (χ4v) is 3.38. The Bertz CT molecular complexity index is 924. The average Bonchev–Trinajstić information content (AvgIpc) is 2.74. The second-order valence-corrected chi connectivity index (χ2v) is 7.14. The molecule has 1 aliphatic heterocycles. The van der Waals surface area contributed by atoms with Crippen molar-refractivity contribution in [1.82, 2.24) is 4.90 Å². The highest BCUT2D eigenvalue weighted by atomic mass is 35.5. The fraction of sp³-hybridized carbons (Fsp3) is 0.300. The van der Waals surface area contributed by atoms with Gasteiger partial charge < -0.3 is 15.0 Å². The summed E-state index contributed by atoms with van der Waals surface area (Å²) in [6.45, 7) is 0.870. The van der Waals surface area contributed by atoms with Gasteiger partial charge in [-0.25, -0.2) is 0 Å². The zero-order valence-electron chi connectivity index (χ0n) is 15.8. The van der Waals surface area contributed by atoms with Crippen LogP contribution in [0.3, 0.4) is 0 Å². The molecule has 8 nitrogen and oxygen atoms in total. The molecule has 0 aromatic heterocycles. The van der Waals surface area contributed by atoms with E-state index in [1.54, 1.807) is 35.2 Å². The molecule has 152 valence electrons. The molecule has 29 heavy (non-hydrogen) atoms. The van der Waals surface area contributed by atoms with Crippen LogP contribution in [0.15, 0.2) is 42.5 Å². The van der Waals surface area contributed by atoms with Crippen molar-refractivity contribution >= 4 is 34.8 Å². The van der Waals surface area contributed by atoms with Crippen LogP contribution in [0.2, 0.25) is 5.02 Å². The molecule has 0 radical (unpaired) electrons. The standard InChI is InChI=1S/C20H20ClN3O5/c1-29-16-6-7-17(18(12-16)24(27)28)22-19(25)13-8-10-23(11-9-13)20(26)14-2-4-15(21)5-3-14/h2-7,12-13H,8-11H2,1H3,(H,22,25). The molecule has 1 fully saturated rings. The molecule has 0 bridgehead atoms. The summed E-state index contributed by atoms with van der Waals surface area (Å²) in [6.07, 6.45) is 0.963. The predicted molar refractivity (Wildman–Crippen MR) is 108 cm³/mol. The molecule has 0 atom stereocenters. The highest BCUT2D eigenvalue weighted by Gasteiger charge is 2.29. The van der Waals surface area contributed by atoms with Crippen LogP contribution in [0.5, 0.6) is 5.75 Å². The number of nitrogens with zero attached hydrogens (tertiary/aromatic N) is 2. The lowest BCUT2D eigenvalue weighted by molar-refractivity contribution is -0.384. The minimum absolute atomic E-state index is 0.105. The van der Waals surface area contributed by atoms with E-state index in [1.165, 1.54) is 19.2 Å². The van der Waals surface area contributed by atoms with Gasteiger partial charge in [0, 0.05) is 29.6 Å². The quantitative estimate of drug-likeness (QED) is 0.589. The van der Waals surface area contributed by atoms with Crippen LogP contribution in [0.25, 0.3) is 0 Å². The second-order valence-electron chi connectivity index (χ2n) is 6.70. The number of methoxy groups -OCH3 is 1. The SMILES string of the molecule is COc1ccc(NC(=O)C2CCN(C(=O)c3ccc(Cl)cc3)CC2)c([N+](=O)[O-])c1. The van der Waals surface area contributed by atoms with Crippen LogP contribution < -0.4 is 10.1 Å². The minimum Gasteiger partial charge on any atom is -0.496 e. The summed E-state index contributed by atoms with van der Waals surface area (Å²) in [4.78, 5) is 37.6. The maximum atomic E-state index is 12.6. The van der Waals surface area contributed by atoms with Gasteiger partial charge in [0.2, 0.25) is 5.91 Å². The Morgan fingerprint density at radius 1 is 1.17 bits per heavy atom. The molecule has 3 rings (SSSR count). The molecular formula is C20H20ClN3O5. The molecule has 0 saturated carbocycles. The number of anilines is 1. The Hall–Kier alpha value is -3.13. The van der Waals surface area contributed by atoms with Gasteiger partial charge in [0.1, 0.15) is 11.4 Å². The van der Waals surface area contributed by atoms with Crippen LogP contribution in [-0.2, 0) is 4.79 Å². The summed E-state index contributed by atoms with van der Waals surface area (Å²) in [5.74, 6) is -0.391. The van der Waals surface area contributed by atoms with E-state index in [9.17, 15) is 19.7 Å². The highest BCUT2D eigenvalue weighted by Crippen LogP contribution is 2.30. The maximum absolute atomic E-state index is 12.6. The van der Waals surface area contributed by atoms with E-state index in [0.717, 1.165) is 0 Å². The molecule has 2 aromatic carbocycles. The van der Waals surface area contributed by atoms with Crippen molar-refractivity contribution < 1.29 is 19.2 Å². The number of benzene rings is 2. The number of piperidine rings is 1. The maximum Gasteiger partial charge on any atom is 0.296 e. The molecule has 9 heteroatoms. The number of hydrogen-bond acceptors (Lipinski definition) is 5. The van der Waals surface area contributed by atoms with Crippen molar-refractivity contribution in [2.24, 2.45) is 5.92 Å². The largest absolute Gasteiger partial charge is 0.496 e. The van der Waals surface area contributed by atoms with Gasteiger partial charge in [-0.2, -0.15) is 0 Å². The van der Waals surface area contributed by atoms with E-state index in [0.29, 0.717) is 42.3 Å². The Balaban J connectivity index is 1.61. The Morgan fingerprint density at radius 3 is 2.41 bits per heavy atom. The van der Waals surface area contributed by atoms with E-state index in [2.05, 4.69) is 5.32 Å². The van der Waals surface area contributed by atoms with Gasteiger partial charge in [-0.1, -0.05) is 11.6 Å². The zero-order chi connectivity index (χ0) is 21.0. The predicted octanol–water partition coefficient (Wildman–Crippen LogP) is 3.75. The molecule has 1 heterocycles. The van der Waals surface area contributed by atoms with Gasteiger partial charge in [-0.15, -0.1) is 0 Å². The molecule has 0 spiro atoms. The van der Waals surface area contributed by atoms with Gasteiger partial charge in [0.05, 0.1) is 18.1 Å². The van der Waals surface area contributed by atoms with E-state index in [1.807, 2.05) is 0 Å². The topological polar surface area (TPSA) is 102 Å².